The van der Waals surface area contributed by atoms with Crippen molar-refractivity contribution in [1.82, 2.24) is 5.01 Å². The Hall–Kier alpha value is -0.990. The molecule has 8 heteroatoms. The maximum absolute atomic E-state index is 11.7. The lowest BCUT2D eigenvalue weighted by Crippen LogP contribution is -2.32. The number of rotatable bonds is 3. The third-order valence-electron chi connectivity index (χ3n) is 3.50. The first-order valence-corrected chi connectivity index (χ1v) is 10.3. The molecule has 1 aromatic rings. The van der Waals surface area contributed by atoms with Crippen LogP contribution in [0, 0.1) is 5.41 Å². The molecule has 1 aromatic carbocycles. The van der Waals surface area contributed by atoms with E-state index < -0.39 is 9.84 Å². The molecule has 2 aliphatic rings. The zero-order valence-corrected chi connectivity index (χ0v) is 13.8. The molecule has 0 spiro atoms. The molecule has 0 saturated carbocycles. The molecule has 3 rings (SSSR count). The van der Waals surface area contributed by atoms with Crippen molar-refractivity contribution in [3.8, 4) is 0 Å². The van der Waals surface area contributed by atoms with Crippen LogP contribution in [0.15, 0.2) is 34.3 Å². The van der Waals surface area contributed by atoms with Gasteiger partial charge in [-0.25, -0.2) is 13.4 Å². The Bertz CT molecular complexity index is 685. The SMILES string of the molecule is CSc1ccc(/C=N\N2C(=N)S[C@H]3CS(=O)(=O)C[C@@H]32)cc1. The average molecular weight is 341 g/mol. The summed E-state index contributed by atoms with van der Waals surface area (Å²) in [6, 6.07) is 7.75. The topological polar surface area (TPSA) is 73.6 Å². The lowest BCUT2D eigenvalue weighted by Gasteiger charge is -2.17. The van der Waals surface area contributed by atoms with Crippen LogP contribution >= 0.6 is 23.5 Å². The van der Waals surface area contributed by atoms with E-state index in [1.807, 2.05) is 30.5 Å². The fraction of sp³-hybridized carbons (Fsp3) is 0.385. The lowest BCUT2D eigenvalue weighted by molar-refractivity contribution is 0.376. The molecule has 2 saturated heterocycles. The minimum atomic E-state index is -2.99. The third-order valence-corrected chi connectivity index (χ3v) is 7.37. The number of hydrogen-bond acceptors (Lipinski definition) is 6. The van der Waals surface area contributed by atoms with Crippen molar-refractivity contribution in [3.63, 3.8) is 0 Å². The number of thioether (sulfide) groups is 2. The highest BCUT2D eigenvalue weighted by molar-refractivity contribution is 8.15. The Morgan fingerprint density at radius 1 is 1.38 bits per heavy atom. The van der Waals surface area contributed by atoms with Gasteiger partial charge in [-0.1, -0.05) is 23.9 Å². The van der Waals surface area contributed by atoms with Crippen molar-refractivity contribution < 1.29 is 8.42 Å². The quantitative estimate of drug-likeness (QED) is 0.671. The maximum atomic E-state index is 11.7. The van der Waals surface area contributed by atoms with E-state index in [1.54, 1.807) is 23.0 Å². The van der Waals surface area contributed by atoms with Crippen molar-refractivity contribution in [1.29, 1.82) is 5.41 Å². The lowest BCUT2D eigenvalue weighted by atomic mass is 10.2. The zero-order valence-electron chi connectivity index (χ0n) is 11.4. The molecule has 0 unspecified atom stereocenters. The first kappa shape index (κ1) is 14.9. The van der Waals surface area contributed by atoms with E-state index in [2.05, 4.69) is 5.10 Å². The first-order valence-electron chi connectivity index (χ1n) is 6.41. The summed E-state index contributed by atoms with van der Waals surface area (Å²) < 4.78 is 23.4. The highest BCUT2D eigenvalue weighted by Gasteiger charge is 2.48. The van der Waals surface area contributed by atoms with Crippen LogP contribution in [-0.4, -0.2) is 53.9 Å². The van der Waals surface area contributed by atoms with Crippen LogP contribution in [-0.2, 0) is 9.84 Å². The smallest absolute Gasteiger partial charge is 0.177 e. The minimum Gasteiger partial charge on any atom is -0.277 e. The van der Waals surface area contributed by atoms with Gasteiger partial charge in [0.1, 0.15) is 0 Å². The molecule has 2 heterocycles. The highest BCUT2D eigenvalue weighted by Crippen LogP contribution is 2.37. The van der Waals surface area contributed by atoms with Gasteiger partial charge >= 0.3 is 0 Å². The van der Waals surface area contributed by atoms with Gasteiger partial charge in [0.05, 0.1) is 23.8 Å². The number of fused-ring (bicyclic) bond motifs is 1. The van der Waals surface area contributed by atoms with Gasteiger partial charge in [0, 0.05) is 10.1 Å². The van der Waals surface area contributed by atoms with Gasteiger partial charge in [0.2, 0.25) is 0 Å². The van der Waals surface area contributed by atoms with E-state index in [0.717, 1.165) is 5.56 Å². The van der Waals surface area contributed by atoms with Gasteiger partial charge < -0.3 is 0 Å². The summed E-state index contributed by atoms with van der Waals surface area (Å²) in [5.41, 5.74) is 0.940. The van der Waals surface area contributed by atoms with E-state index in [1.165, 1.54) is 16.7 Å². The molecule has 0 aliphatic carbocycles. The predicted octanol–water partition coefficient (Wildman–Crippen LogP) is 1.89. The number of benzene rings is 1. The van der Waals surface area contributed by atoms with Gasteiger partial charge in [-0.15, -0.1) is 11.8 Å². The van der Waals surface area contributed by atoms with E-state index in [-0.39, 0.29) is 22.8 Å². The standard InChI is InChI=1S/C13H15N3O2S3/c1-19-10-4-2-9(3-5-10)6-15-16-11-7-21(17,18)8-12(11)20-13(16)14/h2-6,11-12,14H,7-8H2,1H3/b14-13?,15-6-/t11-,12-/m0/s1. The Balaban J connectivity index is 1.76. The van der Waals surface area contributed by atoms with E-state index in [9.17, 15) is 8.42 Å². The van der Waals surface area contributed by atoms with Crippen molar-refractivity contribution in [2.24, 2.45) is 5.10 Å². The summed E-state index contributed by atoms with van der Waals surface area (Å²) >= 11 is 2.98. The molecule has 5 nitrogen and oxygen atoms in total. The number of nitrogens with zero attached hydrogens (tertiary/aromatic N) is 2. The van der Waals surface area contributed by atoms with Crippen LogP contribution in [0.4, 0.5) is 0 Å². The summed E-state index contributed by atoms with van der Waals surface area (Å²) in [5.74, 6) is 0.245. The number of nitrogens with one attached hydrogen (secondary N) is 1. The normalized spacial score (nSPS) is 27.5. The van der Waals surface area contributed by atoms with E-state index in [0.29, 0.717) is 5.17 Å². The third kappa shape index (κ3) is 3.12. The van der Waals surface area contributed by atoms with Crippen LogP contribution in [0.25, 0.3) is 0 Å². The second-order valence-corrected chi connectivity index (χ2v) is 9.23. The van der Waals surface area contributed by atoms with Crippen LogP contribution in [0.5, 0.6) is 0 Å². The molecule has 0 radical (unpaired) electrons. The summed E-state index contributed by atoms with van der Waals surface area (Å²) in [6.07, 6.45) is 3.71. The second kappa shape index (κ2) is 5.66. The highest BCUT2D eigenvalue weighted by atomic mass is 32.2. The van der Waals surface area contributed by atoms with Gasteiger partial charge in [-0.2, -0.15) is 5.10 Å². The van der Waals surface area contributed by atoms with Gasteiger partial charge in [0.25, 0.3) is 0 Å². The molecule has 2 fully saturated rings. The van der Waals surface area contributed by atoms with E-state index >= 15 is 0 Å². The van der Waals surface area contributed by atoms with Crippen molar-refractivity contribution >= 4 is 44.7 Å². The largest absolute Gasteiger partial charge is 0.277 e. The molecule has 2 aliphatic heterocycles. The van der Waals surface area contributed by atoms with Gasteiger partial charge in [-0.3, -0.25) is 5.41 Å². The molecule has 2 atom stereocenters. The van der Waals surface area contributed by atoms with Crippen molar-refractivity contribution in [2.45, 2.75) is 16.2 Å². The van der Waals surface area contributed by atoms with Crippen LogP contribution in [0.2, 0.25) is 0 Å². The van der Waals surface area contributed by atoms with Gasteiger partial charge in [-0.05, 0) is 24.0 Å². The van der Waals surface area contributed by atoms with Crippen LogP contribution in [0.1, 0.15) is 5.56 Å². The maximum Gasteiger partial charge on any atom is 0.177 e. The zero-order chi connectivity index (χ0) is 15.0. The number of sulfone groups is 1. The predicted molar refractivity (Wildman–Crippen MR) is 89.2 cm³/mol. The first-order chi connectivity index (χ1) is 9.98. The molecule has 21 heavy (non-hydrogen) atoms. The molecule has 112 valence electrons. The number of hydrogen-bond donors (Lipinski definition) is 1. The van der Waals surface area contributed by atoms with Crippen molar-refractivity contribution in [3.05, 3.63) is 29.8 Å². The Morgan fingerprint density at radius 3 is 2.76 bits per heavy atom. The molecular weight excluding hydrogens is 326 g/mol. The van der Waals surface area contributed by atoms with Gasteiger partial charge in [0.15, 0.2) is 15.0 Å². The van der Waals surface area contributed by atoms with E-state index in [4.69, 9.17) is 5.41 Å². The molecule has 0 aromatic heterocycles. The monoisotopic (exact) mass is 341 g/mol. The molecule has 0 amide bonds. The fourth-order valence-electron chi connectivity index (χ4n) is 2.44. The Labute approximate surface area is 132 Å². The summed E-state index contributed by atoms with van der Waals surface area (Å²) in [6.45, 7) is 0. The summed E-state index contributed by atoms with van der Waals surface area (Å²) in [4.78, 5) is 1.18. The minimum absolute atomic E-state index is 0.0569. The number of amidine groups is 1. The molecule has 0 bridgehead atoms. The fourth-order valence-corrected chi connectivity index (χ4v) is 6.57. The van der Waals surface area contributed by atoms with Crippen molar-refractivity contribution in [2.75, 3.05) is 17.8 Å². The summed E-state index contributed by atoms with van der Waals surface area (Å²) in [5, 5.41) is 14.1. The Kier molecular flexibility index (Phi) is 4.02. The number of hydrazone groups is 1. The summed E-state index contributed by atoms with van der Waals surface area (Å²) in [7, 11) is -2.99. The molecular formula is C13H15N3O2S3. The second-order valence-electron chi connectivity index (χ2n) is 4.97. The Morgan fingerprint density at radius 2 is 2.10 bits per heavy atom. The van der Waals surface area contributed by atoms with Crippen LogP contribution < -0.4 is 0 Å². The molecule has 1 N–H and O–H groups in total. The average Bonchev–Trinajstić information content (AvgIpc) is 2.88. The van der Waals surface area contributed by atoms with Crippen LogP contribution in [0.3, 0.4) is 0 Å².